The van der Waals surface area contributed by atoms with Crippen LogP contribution in [-0.2, 0) is 4.79 Å². The van der Waals surface area contributed by atoms with Gasteiger partial charge < -0.3 is 15.2 Å². The van der Waals surface area contributed by atoms with Crippen molar-refractivity contribution < 1.29 is 14.6 Å². The van der Waals surface area contributed by atoms with Crippen molar-refractivity contribution >= 4 is 17.2 Å². The fourth-order valence-electron chi connectivity index (χ4n) is 3.13. The van der Waals surface area contributed by atoms with Crippen molar-refractivity contribution in [3.05, 3.63) is 60.2 Å². The van der Waals surface area contributed by atoms with Gasteiger partial charge in [-0.05, 0) is 48.7 Å². The molecule has 1 atom stereocenters. The number of ether oxygens (including phenoxy) is 1. The van der Waals surface area contributed by atoms with E-state index in [1.54, 1.807) is 19.2 Å². The highest BCUT2D eigenvalue weighted by Gasteiger charge is 2.24. The lowest BCUT2D eigenvalue weighted by Gasteiger charge is -2.31. The van der Waals surface area contributed by atoms with Crippen molar-refractivity contribution in [3.63, 3.8) is 0 Å². The first-order valence-corrected chi connectivity index (χ1v) is 8.75. The molecule has 0 bridgehead atoms. The molecular weight excluding hydrogens is 328 g/mol. The Hall–Kier alpha value is -2.79. The lowest BCUT2D eigenvalue weighted by Crippen LogP contribution is -2.44. The van der Waals surface area contributed by atoms with E-state index in [1.165, 1.54) is 5.57 Å². The van der Waals surface area contributed by atoms with Crippen LogP contribution in [0.4, 0.5) is 5.69 Å². The average molecular weight is 352 g/mol. The summed E-state index contributed by atoms with van der Waals surface area (Å²) in [6, 6.07) is 14.4. The molecule has 2 N–H and O–H groups in total. The summed E-state index contributed by atoms with van der Waals surface area (Å²) >= 11 is 0. The number of phenols is 1. The number of amides is 1. The molecule has 5 heteroatoms. The van der Waals surface area contributed by atoms with Crippen LogP contribution < -0.4 is 10.1 Å². The first-order chi connectivity index (χ1) is 12.6. The highest BCUT2D eigenvalue weighted by Crippen LogP contribution is 2.26. The van der Waals surface area contributed by atoms with Crippen molar-refractivity contribution in [2.45, 2.75) is 19.4 Å². The lowest BCUT2D eigenvalue weighted by molar-refractivity contribution is -0.120. The molecule has 136 valence electrons. The Morgan fingerprint density at radius 2 is 1.92 bits per heavy atom. The summed E-state index contributed by atoms with van der Waals surface area (Å²) in [5, 5.41) is 12.4. The van der Waals surface area contributed by atoms with Gasteiger partial charge in [0.25, 0.3) is 0 Å². The molecule has 1 heterocycles. The fraction of sp³-hybridized carbons (Fsp3) is 0.286. The molecule has 0 fully saturated rings. The first-order valence-electron chi connectivity index (χ1n) is 8.75. The summed E-state index contributed by atoms with van der Waals surface area (Å²) in [5.74, 6) is 0.880. The maximum atomic E-state index is 12.6. The van der Waals surface area contributed by atoms with Gasteiger partial charge in [0.15, 0.2) is 0 Å². The normalized spacial score (nSPS) is 15.8. The van der Waals surface area contributed by atoms with Crippen LogP contribution in [0.5, 0.6) is 11.5 Å². The number of rotatable bonds is 5. The zero-order valence-electron chi connectivity index (χ0n) is 15.1. The molecule has 3 rings (SSSR count). The smallest absolute Gasteiger partial charge is 0.241 e. The number of carbonyl (C=O) groups is 1. The number of hydrogen-bond acceptors (Lipinski definition) is 4. The minimum Gasteiger partial charge on any atom is -0.508 e. The maximum Gasteiger partial charge on any atom is 0.241 e. The highest BCUT2D eigenvalue weighted by molar-refractivity contribution is 5.95. The second-order valence-electron chi connectivity index (χ2n) is 6.39. The standard InChI is InChI=1S/C21H24N2O3/c1-15(21(25)22-19-5-3-4-6-20(19)26-2)23-13-11-17(12-14-23)16-7-9-18(24)10-8-16/h3-11,15,24H,12-14H2,1-2H3,(H,22,25). The third kappa shape index (κ3) is 4.06. The van der Waals surface area contributed by atoms with Gasteiger partial charge in [-0.2, -0.15) is 0 Å². The highest BCUT2D eigenvalue weighted by atomic mass is 16.5. The van der Waals surface area contributed by atoms with E-state index in [1.807, 2.05) is 43.3 Å². The van der Waals surface area contributed by atoms with Crippen LogP contribution in [0.1, 0.15) is 18.9 Å². The molecule has 0 radical (unpaired) electrons. The van der Waals surface area contributed by atoms with E-state index in [0.717, 1.165) is 25.1 Å². The number of anilines is 1. The lowest BCUT2D eigenvalue weighted by atomic mass is 9.98. The molecular formula is C21H24N2O3. The third-order valence-electron chi connectivity index (χ3n) is 4.77. The Labute approximate surface area is 153 Å². The van der Waals surface area contributed by atoms with Gasteiger partial charge in [-0.15, -0.1) is 0 Å². The molecule has 2 aromatic rings. The van der Waals surface area contributed by atoms with Crippen LogP contribution in [0, 0.1) is 0 Å². The molecule has 1 aliphatic heterocycles. The number of benzene rings is 2. The minimum atomic E-state index is -0.238. The van der Waals surface area contributed by atoms with E-state index >= 15 is 0 Å². The zero-order chi connectivity index (χ0) is 18.5. The van der Waals surface area contributed by atoms with E-state index in [0.29, 0.717) is 11.4 Å². The Morgan fingerprint density at radius 3 is 2.58 bits per heavy atom. The van der Waals surface area contributed by atoms with Gasteiger partial charge >= 0.3 is 0 Å². The summed E-state index contributed by atoms with van der Waals surface area (Å²) in [6.45, 7) is 3.45. The van der Waals surface area contributed by atoms with E-state index in [2.05, 4.69) is 16.3 Å². The van der Waals surface area contributed by atoms with E-state index in [-0.39, 0.29) is 17.7 Å². The predicted molar refractivity (Wildman–Crippen MR) is 103 cm³/mol. The Morgan fingerprint density at radius 1 is 1.19 bits per heavy atom. The number of hydrogen-bond donors (Lipinski definition) is 2. The molecule has 1 unspecified atom stereocenters. The molecule has 0 saturated carbocycles. The number of nitrogens with zero attached hydrogens (tertiary/aromatic N) is 1. The molecule has 1 aliphatic rings. The molecule has 0 spiro atoms. The van der Waals surface area contributed by atoms with Crippen LogP contribution in [0.3, 0.4) is 0 Å². The third-order valence-corrected chi connectivity index (χ3v) is 4.77. The van der Waals surface area contributed by atoms with Crippen LogP contribution in [-0.4, -0.2) is 42.2 Å². The van der Waals surface area contributed by atoms with Crippen molar-refractivity contribution in [3.8, 4) is 11.5 Å². The van der Waals surface area contributed by atoms with E-state index < -0.39 is 0 Å². The Balaban J connectivity index is 1.63. The quantitative estimate of drug-likeness (QED) is 0.864. The van der Waals surface area contributed by atoms with Gasteiger partial charge in [-0.1, -0.05) is 30.3 Å². The summed E-state index contributed by atoms with van der Waals surface area (Å²) in [6.07, 6.45) is 3.03. The van der Waals surface area contributed by atoms with Gasteiger partial charge in [-0.25, -0.2) is 0 Å². The average Bonchev–Trinajstić information content (AvgIpc) is 2.68. The van der Waals surface area contributed by atoms with Gasteiger partial charge in [0.1, 0.15) is 11.5 Å². The molecule has 26 heavy (non-hydrogen) atoms. The van der Waals surface area contributed by atoms with Crippen LogP contribution >= 0.6 is 0 Å². The summed E-state index contributed by atoms with van der Waals surface area (Å²) in [5.41, 5.74) is 3.05. The monoisotopic (exact) mass is 352 g/mol. The largest absolute Gasteiger partial charge is 0.508 e. The van der Waals surface area contributed by atoms with Crippen molar-refractivity contribution in [1.82, 2.24) is 4.90 Å². The molecule has 1 amide bonds. The first kappa shape index (κ1) is 18.0. The summed E-state index contributed by atoms with van der Waals surface area (Å²) < 4.78 is 5.29. The Bertz CT molecular complexity index is 799. The maximum absolute atomic E-state index is 12.6. The SMILES string of the molecule is COc1ccccc1NC(=O)C(C)N1CC=C(c2ccc(O)cc2)CC1. The molecule has 0 aromatic heterocycles. The summed E-state index contributed by atoms with van der Waals surface area (Å²) in [7, 11) is 1.59. The Kier molecular flexibility index (Phi) is 5.58. The number of carbonyl (C=O) groups excluding carboxylic acids is 1. The number of para-hydroxylation sites is 2. The van der Waals surface area contributed by atoms with Gasteiger partial charge in [0.05, 0.1) is 18.8 Å². The predicted octanol–water partition coefficient (Wildman–Crippen LogP) is 3.52. The topological polar surface area (TPSA) is 61.8 Å². The van der Waals surface area contributed by atoms with E-state index in [4.69, 9.17) is 4.74 Å². The van der Waals surface area contributed by atoms with Crippen LogP contribution in [0.25, 0.3) is 5.57 Å². The fourth-order valence-corrected chi connectivity index (χ4v) is 3.13. The molecule has 0 saturated heterocycles. The van der Waals surface area contributed by atoms with Crippen molar-refractivity contribution in [2.24, 2.45) is 0 Å². The summed E-state index contributed by atoms with van der Waals surface area (Å²) in [4.78, 5) is 14.8. The van der Waals surface area contributed by atoms with Gasteiger partial charge in [0, 0.05) is 13.1 Å². The number of aromatic hydroxyl groups is 1. The van der Waals surface area contributed by atoms with Gasteiger partial charge in [0.2, 0.25) is 5.91 Å². The zero-order valence-corrected chi connectivity index (χ0v) is 15.1. The molecule has 2 aromatic carbocycles. The number of phenolic OH excluding ortho intramolecular Hbond substituents is 1. The molecule has 0 aliphatic carbocycles. The second kappa shape index (κ2) is 8.06. The minimum absolute atomic E-state index is 0.0454. The van der Waals surface area contributed by atoms with E-state index in [9.17, 15) is 9.90 Å². The number of nitrogens with one attached hydrogen (secondary N) is 1. The van der Waals surface area contributed by atoms with Crippen LogP contribution in [0.2, 0.25) is 0 Å². The second-order valence-corrected chi connectivity index (χ2v) is 6.39. The van der Waals surface area contributed by atoms with Gasteiger partial charge in [-0.3, -0.25) is 9.69 Å². The van der Waals surface area contributed by atoms with Crippen molar-refractivity contribution in [2.75, 3.05) is 25.5 Å². The number of methoxy groups -OCH3 is 1. The molecule has 5 nitrogen and oxygen atoms in total. The van der Waals surface area contributed by atoms with Crippen LogP contribution in [0.15, 0.2) is 54.6 Å². The van der Waals surface area contributed by atoms with Crippen molar-refractivity contribution in [1.29, 1.82) is 0 Å².